The third-order valence-electron chi connectivity index (χ3n) is 1.95. The zero-order chi connectivity index (χ0) is 11.4. The van der Waals surface area contributed by atoms with Crippen LogP contribution in [0.15, 0.2) is 18.2 Å². The number of halogens is 2. The molecule has 5 heteroatoms. The van der Waals surface area contributed by atoms with Crippen molar-refractivity contribution < 1.29 is 13.9 Å². The molecule has 1 aromatic rings. The molecule has 0 saturated carbocycles. The van der Waals surface area contributed by atoms with Crippen molar-refractivity contribution in [3.63, 3.8) is 0 Å². The van der Waals surface area contributed by atoms with Crippen molar-refractivity contribution in [2.45, 2.75) is 12.5 Å². The lowest BCUT2D eigenvalue weighted by Crippen LogP contribution is -2.33. The van der Waals surface area contributed by atoms with Gasteiger partial charge in [-0.15, -0.1) is 0 Å². The summed E-state index contributed by atoms with van der Waals surface area (Å²) in [4.78, 5) is 11.0. The molecule has 0 spiro atoms. The Kier molecular flexibility index (Phi) is 4.05. The van der Waals surface area contributed by atoms with Gasteiger partial charge in [0.15, 0.2) is 0 Å². The molecule has 0 aliphatic carbocycles. The van der Waals surface area contributed by atoms with E-state index in [-0.39, 0.29) is 6.42 Å². The van der Waals surface area contributed by atoms with Crippen LogP contribution in [0.4, 0.5) is 4.39 Å². The normalized spacial score (nSPS) is 12.3. The highest BCUT2D eigenvalue weighted by atomic mass is 35.5. The number of benzene rings is 1. The van der Waals surface area contributed by atoms with Crippen molar-refractivity contribution in [2.24, 2.45) is 5.73 Å². The minimum absolute atomic E-state index is 0.156. The molecule has 0 amide bonds. The number of carbonyl (C=O) groups excluding carboxylic acids is 1. The van der Waals surface area contributed by atoms with Gasteiger partial charge < -0.3 is 10.5 Å². The Labute approximate surface area is 92.0 Å². The molecule has 1 aromatic carbocycles. The van der Waals surface area contributed by atoms with E-state index < -0.39 is 17.8 Å². The molecule has 2 N–H and O–H groups in total. The lowest BCUT2D eigenvalue weighted by Gasteiger charge is -2.10. The Morgan fingerprint density at radius 3 is 2.93 bits per heavy atom. The Morgan fingerprint density at radius 2 is 2.33 bits per heavy atom. The largest absolute Gasteiger partial charge is 0.468 e. The molecular formula is C10H11ClFNO2. The maximum absolute atomic E-state index is 12.9. The van der Waals surface area contributed by atoms with Gasteiger partial charge in [0.2, 0.25) is 0 Å². The number of nitrogens with two attached hydrogens (primary N) is 1. The molecule has 0 saturated heterocycles. The second kappa shape index (κ2) is 5.09. The molecule has 0 aromatic heterocycles. The van der Waals surface area contributed by atoms with Gasteiger partial charge in [-0.3, -0.25) is 4.79 Å². The Hall–Kier alpha value is -1.13. The van der Waals surface area contributed by atoms with E-state index in [9.17, 15) is 9.18 Å². The summed E-state index contributed by atoms with van der Waals surface area (Å²) in [6.45, 7) is 0. The Balaban J connectivity index is 2.80. The predicted molar refractivity (Wildman–Crippen MR) is 55.1 cm³/mol. The number of hydrogen-bond donors (Lipinski definition) is 1. The molecule has 0 bridgehead atoms. The van der Waals surface area contributed by atoms with Gasteiger partial charge in [-0.25, -0.2) is 4.39 Å². The first-order chi connectivity index (χ1) is 7.04. The lowest BCUT2D eigenvalue weighted by molar-refractivity contribution is -0.142. The first-order valence-corrected chi connectivity index (χ1v) is 4.69. The molecule has 0 unspecified atom stereocenters. The summed E-state index contributed by atoms with van der Waals surface area (Å²) in [5, 5.41) is 0.385. The van der Waals surface area contributed by atoms with Crippen molar-refractivity contribution in [2.75, 3.05) is 7.11 Å². The second-order valence-electron chi connectivity index (χ2n) is 3.07. The van der Waals surface area contributed by atoms with E-state index in [0.29, 0.717) is 10.6 Å². The van der Waals surface area contributed by atoms with Gasteiger partial charge in [0, 0.05) is 5.02 Å². The van der Waals surface area contributed by atoms with Crippen molar-refractivity contribution in [3.8, 4) is 0 Å². The molecule has 0 aliphatic heterocycles. The molecule has 0 heterocycles. The van der Waals surface area contributed by atoms with E-state index in [1.807, 2.05) is 0 Å². The topological polar surface area (TPSA) is 52.3 Å². The highest BCUT2D eigenvalue weighted by molar-refractivity contribution is 6.31. The maximum atomic E-state index is 12.9. The van der Waals surface area contributed by atoms with Gasteiger partial charge >= 0.3 is 5.97 Å². The third-order valence-corrected chi connectivity index (χ3v) is 2.32. The summed E-state index contributed by atoms with van der Waals surface area (Å²) < 4.78 is 17.3. The summed E-state index contributed by atoms with van der Waals surface area (Å²) in [7, 11) is 1.25. The fourth-order valence-corrected chi connectivity index (χ4v) is 1.37. The van der Waals surface area contributed by atoms with Crippen LogP contribution in [0, 0.1) is 5.82 Å². The van der Waals surface area contributed by atoms with Crippen molar-refractivity contribution >= 4 is 17.6 Å². The monoisotopic (exact) mass is 231 g/mol. The fraction of sp³-hybridized carbons (Fsp3) is 0.300. The number of esters is 1. The maximum Gasteiger partial charge on any atom is 0.322 e. The third kappa shape index (κ3) is 3.18. The number of carbonyl (C=O) groups is 1. The molecular weight excluding hydrogens is 221 g/mol. The van der Waals surface area contributed by atoms with Crippen LogP contribution in [-0.2, 0) is 16.0 Å². The summed E-state index contributed by atoms with van der Waals surface area (Å²) in [6, 6.07) is 3.10. The van der Waals surface area contributed by atoms with E-state index in [1.165, 1.54) is 25.3 Å². The highest BCUT2D eigenvalue weighted by Crippen LogP contribution is 2.18. The summed E-state index contributed by atoms with van der Waals surface area (Å²) in [6.07, 6.45) is 0.156. The van der Waals surface area contributed by atoms with Crippen LogP contribution < -0.4 is 5.73 Å². The van der Waals surface area contributed by atoms with Gasteiger partial charge in [-0.1, -0.05) is 11.6 Å². The Morgan fingerprint density at radius 1 is 1.67 bits per heavy atom. The van der Waals surface area contributed by atoms with E-state index in [4.69, 9.17) is 17.3 Å². The van der Waals surface area contributed by atoms with Crippen LogP contribution in [0.2, 0.25) is 5.02 Å². The first kappa shape index (κ1) is 11.9. The first-order valence-electron chi connectivity index (χ1n) is 4.32. The lowest BCUT2D eigenvalue weighted by atomic mass is 10.1. The van der Waals surface area contributed by atoms with E-state index >= 15 is 0 Å². The van der Waals surface area contributed by atoms with Crippen molar-refractivity contribution in [3.05, 3.63) is 34.6 Å². The van der Waals surface area contributed by atoms with Gasteiger partial charge in [-0.2, -0.15) is 0 Å². The second-order valence-corrected chi connectivity index (χ2v) is 3.48. The molecule has 0 fully saturated rings. The average molecular weight is 232 g/mol. The molecule has 15 heavy (non-hydrogen) atoms. The van der Waals surface area contributed by atoms with Crippen LogP contribution in [0.3, 0.4) is 0 Å². The summed E-state index contributed by atoms with van der Waals surface area (Å²) in [5.41, 5.74) is 6.02. The van der Waals surface area contributed by atoms with Gasteiger partial charge in [0.1, 0.15) is 11.9 Å². The van der Waals surface area contributed by atoms with E-state index in [2.05, 4.69) is 4.74 Å². The predicted octanol–water partition coefficient (Wildman–Crippen LogP) is 1.52. The van der Waals surface area contributed by atoms with Gasteiger partial charge in [0.05, 0.1) is 7.11 Å². The SMILES string of the molecule is COC(=O)[C@@H](N)Cc1cc(F)ccc1Cl. The number of hydrogen-bond acceptors (Lipinski definition) is 3. The minimum Gasteiger partial charge on any atom is -0.468 e. The fourth-order valence-electron chi connectivity index (χ4n) is 1.17. The van der Waals surface area contributed by atoms with Crippen LogP contribution in [0.5, 0.6) is 0 Å². The molecule has 0 radical (unpaired) electrons. The highest BCUT2D eigenvalue weighted by Gasteiger charge is 2.16. The minimum atomic E-state index is -0.825. The Bertz CT molecular complexity index is 370. The quantitative estimate of drug-likeness (QED) is 0.803. The van der Waals surface area contributed by atoms with E-state index in [0.717, 1.165) is 0 Å². The van der Waals surface area contributed by atoms with Crippen LogP contribution in [0.25, 0.3) is 0 Å². The zero-order valence-electron chi connectivity index (χ0n) is 8.17. The van der Waals surface area contributed by atoms with E-state index in [1.54, 1.807) is 0 Å². The number of ether oxygens (including phenoxy) is 1. The van der Waals surface area contributed by atoms with Crippen LogP contribution >= 0.6 is 11.6 Å². The molecule has 3 nitrogen and oxygen atoms in total. The number of rotatable bonds is 3. The van der Waals surface area contributed by atoms with Crippen molar-refractivity contribution in [1.29, 1.82) is 0 Å². The number of methoxy groups -OCH3 is 1. The van der Waals surface area contributed by atoms with Crippen LogP contribution in [-0.4, -0.2) is 19.1 Å². The zero-order valence-corrected chi connectivity index (χ0v) is 8.92. The average Bonchev–Trinajstić information content (AvgIpc) is 2.22. The van der Waals surface area contributed by atoms with Crippen molar-refractivity contribution in [1.82, 2.24) is 0 Å². The summed E-state index contributed by atoms with van der Waals surface area (Å²) in [5.74, 6) is -0.957. The molecule has 82 valence electrons. The summed E-state index contributed by atoms with van der Waals surface area (Å²) >= 11 is 5.81. The van der Waals surface area contributed by atoms with Crippen LogP contribution in [0.1, 0.15) is 5.56 Å². The molecule has 0 aliphatic rings. The van der Waals surface area contributed by atoms with Gasteiger partial charge in [-0.05, 0) is 30.2 Å². The smallest absolute Gasteiger partial charge is 0.322 e. The standard InChI is InChI=1S/C10H11ClFNO2/c1-15-10(14)9(13)5-6-4-7(12)2-3-8(6)11/h2-4,9H,5,13H2,1H3/t9-/m0/s1. The van der Waals surface area contributed by atoms with Gasteiger partial charge in [0.25, 0.3) is 0 Å². The molecule has 1 rings (SSSR count). The molecule has 1 atom stereocenters.